The number of carbonyl (C=O) groups excluding carboxylic acids is 1. The molecule has 0 heterocycles. The SMILES string of the molecule is C=CC(C)(O)CCC=C(C)CCC=C(C)COC(C)=O. The maximum Gasteiger partial charge on any atom is 0.302 e. The van der Waals surface area contributed by atoms with Gasteiger partial charge in [-0.05, 0) is 52.0 Å². The third-order valence-electron chi connectivity index (χ3n) is 3.12. The highest BCUT2D eigenvalue weighted by Gasteiger charge is 2.13. The highest BCUT2D eigenvalue weighted by molar-refractivity contribution is 5.66. The molecule has 0 aliphatic rings. The molecule has 3 nitrogen and oxygen atoms in total. The molecule has 0 fully saturated rings. The number of hydrogen-bond donors (Lipinski definition) is 1. The Labute approximate surface area is 123 Å². The summed E-state index contributed by atoms with van der Waals surface area (Å²) in [7, 11) is 0. The number of carbonyl (C=O) groups is 1. The summed E-state index contributed by atoms with van der Waals surface area (Å²) in [5, 5.41) is 9.79. The molecule has 0 aromatic rings. The van der Waals surface area contributed by atoms with Crippen LogP contribution in [-0.4, -0.2) is 23.3 Å². The van der Waals surface area contributed by atoms with Crippen molar-refractivity contribution in [1.29, 1.82) is 0 Å². The Bertz CT molecular complexity index is 376. The van der Waals surface area contributed by atoms with E-state index in [4.69, 9.17) is 4.74 Å². The maximum atomic E-state index is 10.7. The van der Waals surface area contributed by atoms with E-state index in [1.807, 2.05) is 6.92 Å². The van der Waals surface area contributed by atoms with Crippen LogP contribution in [0.1, 0.15) is 53.4 Å². The van der Waals surface area contributed by atoms with Gasteiger partial charge in [0.2, 0.25) is 0 Å². The molecule has 1 atom stereocenters. The largest absolute Gasteiger partial charge is 0.461 e. The van der Waals surface area contributed by atoms with E-state index in [0.29, 0.717) is 13.0 Å². The van der Waals surface area contributed by atoms with E-state index in [9.17, 15) is 9.90 Å². The predicted octanol–water partition coefficient (Wildman–Crippen LogP) is 3.94. The zero-order chi connectivity index (χ0) is 15.6. The quantitative estimate of drug-likeness (QED) is 0.514. The Kier molecular flexibility index (Phi) is 8.89. The molecule has 3 heteroatoms. The summed E-state index contributed by atoms with van der Waals surface area (Å²) in [6, 6.07) is 0. The lowest BCUT2D eigenvalue weighted by atomic mass is 9.99. The van der Waals surface area contributed by atoms with Crippen LogP contribution in [0.25, 0.3) is 0 Å². The number of rotatable bonds is 9. The molecule has 20 heavy (non-hydrogen) atoms. The van der Waals surface area contributed by atoms with Crippen molar-refractivity contribution in [3.8, 4) is 0 Å². The molecule has 0 radical (unpaired) electrons. The van der Waals surface area contributed by atoms with Gasteiger partial charge in [0.25, 0.3) is 0 Å². The van der Waals surface area contributed by atoms with Crippen LogP contribution in [0.15, 0.2) is 36.0 Å². The van der Waals surface area contributed by atoms with Gasteiger partial charge in [-0.1, -0.05) is 23.8 Å². The first-order valence-electron chi connectivity index (χ1n) is 7.07. The summed E-state index contributed by atoms with van der Waals surface area (Å²) in [6.45, 7) is 11.2. The standard InChI is InChI=1S/C17H28O3/c1-6-17(5,19)12-8-11-14(2)9-7-10-15(3)13-20-16(4)18/h6,10-11,19H,1,7-9,12-13H2,2-5H3. The number of ether oxygens (including phenoxy) is 1. The molecule has 0 rings (SSSR count). The maximum absolute atomic E-state index is 10.7. The van der Waals surface area contributed by atoms with E-state index >= 15 is 0 Å². The topological polar surface area (TPSA) is 46.5 Å². The second kappa shape index (κ2) is 9.54. The molecular weight excluding hydrogens is 252 g/mol. The average Bonchev–Trinajstić information content (AvgIpc) is 2.36. The molecule has 0 bridgehead atoms. The predicted molar refractivity (Wildman–Crippen MR) is 83.4 cm³/mol. The molecule has 0 aliphatic heterocycles. The molecule has 0 saturated carbocycles. The van der Waals surface area contributed by atoms with Gasteiger partial charge in [-0.25, -0.2) is 0 Å². The van der Waals surface area contributed by atoms with E-state index in [0.717, 1.165) is 24.8 Å². The summed E-state index contributed by atoms with van der Waals surface area (Å²) >= 11 is 0. The molecule has 0 saturated heterocycles. The van der Waals surface area contributed by atoms with E-state index in [-0.39, 0.29) is 5.97 Å². The zero-order valence-corrected chi connectivity index (χ0v) is 13.2. The van der Waals surface area contributed by atoms with E-state index in [1.165, 1.54) is 12.5 Å². The molecule has 0 aliphatic carbocycles. The zero-order valence-electron chi connectivity index (χ0n) is 13.2. The molecular formula is C17H28O3. The minimum Gasteiger partial charge on any atom is -0.461 e. The van der Waals surface area contributed by atoms with Crippen LogP contribution < -0.4 is 0 Å². The molecule has 0 aromatic heterocycles. The van der Waals surface area contributed by atoms with Crippen LogP contribution in [0.2, 0.25) is 0 Å². The average molecular weight is 280 g/mol. The Hall–Kier alpha value is -1.35. The van der Waals surface area contributed by atoms with Gasteiger partial charge >= 0.3 is 5.97 Å². The molecule has 114 valence electrons. The van der Waals surface area contributed by atoms with Crippen molar-refractivity contribution in [2.24, 2.45) is 0 Å². The molecule has 0 spiro atoms. The summed E-state index contributed by atoms with van der Waals surface area (Å²) in [5.74, 6) is -0.247. The Morgan fingerprint density at radius 1 is 1.20 bits per heavy atom. The van der Waals surface area contributed by atoms with Crippen molar-refractivity contribution in [2.75, 3.05) is 6.61 Å². The highest BCUT2D eigenvalue weighted by Crippen LogP contribution is 2.15. The van der Waals surface area contributed by atoms with Crippen LogP contribution in [0.4, 0.5) is 0 Å². The van der Waals surface area contributed by atoms with Crippen LogP contribution in [0.5, 0.6) is 0 Å². The van der Waals surface area contributed by atoms with Gasteiger partial charge in [0.1, 0.15) is 6.61 Å². The first kappa shape index (κ1) is 18.7. The third kappa shape index (κ3) is 10.6. The van der Waals surface area contributed by atoms with Crippen molar-refractivity contribution in [1.82, 2.24) is 0 Å². The van der Waals surface area contributed by atoms with Gasteiger partial charge in [-0.15, -0.1) is 6.58 Å². The number of allylic oxidation sites excluding steroid dienone is 3. The van der Waals surface area contributed by atoms with Crippen LogP contribution in [0.3, 0.4) is 0 Å². The second-order valence-corrected chi connectivity index (χ2v) is 5.52. The third-order valence-corrected chi connectivity index (χ3v) is 3.12. The number of aliphatic hydroxyl groups is 1. The fourth-order valence-corrected chi connectivity index (χ4v) is 1.64. The summed E-state index contributed by atoms with van der Waals surface area (Å²) in [5.41, 5.74) is 1.60. The fraction of sp³-hybridized carbons (Fsp3) is 0.588. The number of esters is 1. The minimum absolute atomic E-state index is 0.247. The first-order valence-corrected chi connectivity index (χ1v) is 7.07. The van der Waals surface area contributed by atoms with E-state index in [2.05, 4.69) is 25.7 Å². The Morgan fingerprint density at radius 2 is 1.80 bits per heavy atom. The van der Waals surface area contributed by atoms with Crippen molar-refractivity contribution < 1.29 is 14.6 Å². The monoisotopic (exact) mass is 280 g/mol. The van der Waals surface area contributed by atoms with Crippen LogP contribution in [-0.2, 0) is 9.53 Å². The smallest absolute Gasteiger partial charge is 0.302 e. The van der Waals surface area contributed by atoms with Gasteiger partial charge in [0, 0.05) is 6.92 Å². The second-order valence-electron chi connectivity index (χ2n) is 5.52. The van der Waals surface area contributed by atoms with E-state index < -0.39 is 5.60 Å². The van der Waals surface area contributed by atoms with Gasteiger partial charge in [0.15, 0.2) is 0 Å². The van der Waals surface area contributed by atoms with E-state index in [1.54, 1.807) is 13.0 Å². The molecule has 0 amide bonds. The molecule has 1 N–H and O–H groups in total. The summed E-state index contributed by atoms with van der Waals surface area (Å²) in [6.07, 6.45) is 9.29. The minimum atomic E-state index is -0.780. The van der Waals surface area contributed by atoms with Crippen molar-refractivity contribution >= 4 is 5.97 Å². The van der Waals surface area contributed by atoms with Gasteiger partial charge < -0.3 is 9.84 Å². The lowest BCUT2D eigenvalue weighted by molar-refractivity contribution is -0.139. The van der Waals surface area contributed by atoms with Crippen LogP contribution >= 0.6 is 0 Å². The lowest BCUT2D eigenvalue weighted by Gasteiger charge is -2.16. The summed E-state index contributed by atoms with van der Waals surface area (Å²) < 4.78 is 4.92. The fourth-order valence-electron chi connectivity index (χ4n) is 1.64. The van der Waals surface area contributed by atoms with Crippen molar-refractivity contribution in [3.63, 3.8) is 0 Å². The Morgan fingerprint density at radius 3 is 2.35 bits per heavy atom. The highest BCUT2D eigenvalue weighted by atomic mass is 16.5. The summed E-state index contributed by atoms with van der Waals surface area (Å²) in [4.78, 5) is 10.7. The Balaban J connectivity index is 3.97. The number of hydrogen-bond acceptors (Lipinski definition) is 3. The normalized spacial score (nSPS) is 15.7. The molecule has 0 aromatic carbocycles. The van der Waals surface area contributed by atoms with Gasteiger partial charge in [-0.3, -0.25) is 4.79 Å². The van der Waals surface area contributed by atoms with Crippen LogP contribution in [0, 0.1) is 0 Å². The van der Waals surface area contributed by atoms with Gasteiger partial charge in [0.05, 0.1) is 5.60 Å². The molecule has 1 unspecified atom stereocenters. The van der Waals surface area contributed by atoms with Crippen molar-refractivity contribution in [2.45, 2.75) is 59.0 Å². The van der Waals surface area contributed by atoms with Crippen molar-refractivity contribution in [3.05, 3.63) is 36.0 Å². The first-order chi connectivity index (χ1) is 9.26. The lowest BCUT2D eigenvalue weighted by Crippen LogP contribution is -2.19. The van der Waals surface area contributed by atoms with Gasteiger partial charge in [-0.2, -0.15) is 0 Å².